The third kappa shape index (κ3) is 1.35. The van der Waals surface area contributed by atoms with E-state index in [-0.39, 0.29) is 0 Å². The predicted octanol–water partition coefficient (Wildman–Crippen LogP) is 1.39. The summed E-state index contributed by atoms with van der Waals surface area (Å²) in [5.41, 5.74) is 0.832. The van der Waals surface area contributed by atoms with Crippen LogP contribution in [0.5, 0.6) is 0 Å². The van der Waals surface area contributed by atoms with Crippen LogP contribution in [0.4, 0.5) is 5.69 Å². The lowest BCUT2D eigenvalue weighted by atomic mass is 10.1. The highest BCUT2D eigenvalue weighted by atomic mass is 15.6. The van der Waals surface area contributed by atoms with E-state index in [9.17, 15) is 0 Å². The molecule has 0 fully saturated rings. The van der Waals surface area contributed by atoms with Crippen molar-refractivity contribution in [3.8, 4) is 0 Å². The second kappa shape index (κ2) is 3.05. The summed E-state index contributed by atoms with van der Waals surface area (Å²) in [4.78, 5) is 0. The van der Waals surface area contributed by atoms with E-state index in [0.717, 1.165) is 21.6 Å². The van der Waals surface area contributed by atoms with Crippen molar-refractivity contribution >= 4 is 16.5 Å². The molecule has 3 nitrogen and oxygen atoms in total. The summed E-state index contributed by atoms with van der Waals surface area (Å²) in [5.74, 6) is 11.0. The summed E-state index contributed by atoms with van der Waals surface area (Å²) in [6.45, 7) is 0. The molecular weight excluding hydrogens is 162 g/mol. The minimum absolute atomic E-state index is 0.832. The molecule has 0 saturated heterocycles. The van der Waals surface area contributed by atoms with Gasteiger partial charge in [0.1, 0.15) is 0 Å². The summed E-state index contributed by atoms with van der Waals surface area (Å²) in [6.07, 6.45) is 0. The highest BCUT2D eigenvalue weighted by Crippen LogP contribution is 2.23. The normalized spacial score (nSPS) is 10.3. The molecule has 0 aliphatic rings. The second-order valence-electron chi connectivity index (χ2n) is 2.91. The number of nitrogens with two attached hydrogens (primary N) is 2. The monoisotopic (exact) mass is 173 g/mol. The van der Waals surface area contributed by atoms with Crippen molar-refractivity contribution < 1.29 is 0 Å². The van der Waals surface area contributed by atoms with Crippen LogP contribution in [0.1, 0.15) is 0 Å². The molecular formula is C10H11N3. The lowest BCUT2D eigenvalue weighted by Crippen LogP contribution is -2.37. The summed E-state index contributed by atoms with van der Waals surface area (Å²) in [6, 6.07) is 13.8. The number of hydrogen-bond acceptors (Lipinski definition) is 3. The van der Waals surface area contributed by atoms with Crippen molar-refractivity contribution in [2.45, 2.75) is 0 Å². The average Bonchev–Trinajstić information content (AvgIpc) is 2.17. The van der Waals surface area contributed by atoms with Gasteiger partial charge >= 0.3 is 0 Å². The smallest absolute Gasteiger partial charge is 0.0775 e. The van der Waals surface area contributed by atoms with Crippen LogP contribution in [-0.2, 0) is 0 Å². The number of anilines is 1. The Morgan fingerprint density at radius 3 is 2.31 bits per heavy atom. The minimum Gasteiger partial charge on any atom is -0.246 e. The van der Waals surface area contributed by atoms with E-state index in [2.05, 4.69) is 0 Å². The van der Waals surface area contributed by atoms with E-state index in [1.54, 1.807) is 0 Å². The first-order chi connectivity index (χ1) is 6.29. The molecule has 0 aliphatic carbocycles. The quantitative estimate of drug-likeness (QED) is 0.506. The van der Waals surface area contributed by atoms with Crippen molar-refractivity contribution in [2.24, 2.45) is 11.7 Å². The van der Waals surface area contributed by atoms with Crippen LogP contribution in [-0.4, -0.2) is 0 Å². The van der Waals surface area contributed by atoms with Gasteiger partial charge in [-0.1, -0.05) is 36.4 Å². The van der Waals surface area contributed by atoms with Crippen LogP contribution in [0.3, 0.4) is 0 Å². The first kappa shape index (κ1) is 8.04. The van der Waals surface area contributed by atoms with E-state index in [4.69, 9.17) is 11.7 Å². The minimum atomic E-state index is 0.832. The summed E-state index contributed by atoms with van der Waals surface area (Å²) in [7, 11) is 0. The van der Waals surface area contributed by atoms with Crippen LogP contribution < -0.4 is 16.8 Å². The van der Waals surface area contributed by atoms with Gasteiger partial charge in [0.15, 0.2) is 0 Å². The fraction of sp³-hybridized carbons (Fsp3) is 0. The Morgan fingerprint density at radius 2 is 1.54 bits per heavy atom. The number of hydrazine groups is 2. The maximum absolute atomic E-state index is 5.49. The van der Waals surface area contributed by atoms with Gasteiger partial charge in [-0.25, -0.2) is 16.8 Å². The Morgan fingerprint density at radius 1 is 0.846 bits per heavy atom. The molecule has 3 heteroatoms. The number of benzene rings is 2. The number of rotatable bonds is 1. The third-order valence-corrected chi connectivity index (χ3v) is 2.04. The fourth-order valence-electron chi connectivity index (χ4n) is 1.43. The van der Waals surface area contributed by atoms with Crippen molar-refractivity contribution in [1.29, 1.82) is 0 Å². The Labute approximate surface area is 76.5 Å². The lowest BCUT2D eigenvalue weighted by Gasteiger charge is -2.13. The molecule has 4 N–H and O–H groups in total. The van der Waals surface area contributed by atoms with Crippen molar-refractivity contribution in [3.05, 3.63) is 42.5 Å². The molecule has 0 saturated carbocycles. The molecule has 0 aliphatic heterocycles. The van der Waals surface area contributed by atoms with Crippen molar-refractivity contribution in [2.75, 3.05) is 5.12 Å². The van der Waals surface area contributed by atoms with Crippen LogP contribution in [0, 0.1) is 0 Å². The predicted molar refractivity (Wildman–Crippen MR) is 54.8 cm³/mol. The maximum atomic E-state index is 5.49. The molecule has 66 valence electrons. The van der Waals surface area contributed by atoms with Gasteiger partial charge in [0.05, 0.1) is 5.69 Å². The number of fused-ring (bicyclic) bond motifs is 1. The lowest BCUT2D eigenvalue weighted by molar-refractivity contribution is 0.931. The summed E-state index contributed by atoms with van der Waals surface area (Å²) in [5, 5.41) is 3.35. The van der Waals surface area contributed by atoms with Crippen molar-refractivity contribution in [3.63, 3.8) is 0 Å². The van der Waals surface area contributed by atoms with Crippen LogP contribution >= 0.6 is 0 Å². The zero-order chi connectivity index (χ0) is 9.26. The largest absolute Gasteiger partial charge is 0.246 e. The van der Waals surface area contributed by atoms with Gasteiger partial charge in [-0.3, -0.25) is 0 Å². The first-order valence-electron chi connectivity index (χ1n) is 4.06. The van der Waals surface area contributed by atoms with Gasteiger partial charge in [-0.05, 0) is 11.5 Å². The molecule has 0 bridgehead atoms. The second-order valence-corrected chi connectivity index (χ2v) is 2.91. The molecule has 0 radical (unpaired) electrons. The molecule has 2 aromatic rings. The Balaban J connectivity index is 2.76. The molecule has 0 amide bonds. The SMILES string of the molecule is NN(N)c1cccc2ccccc12. The molecule has 0 spiro atoms. The van der Waals surface area contributed by atoms with E-state index >= 15 is 0 Å². The Kier molecular flexibility index (Phi) is 1.88. The first-order valence-corrected chi connectivity index (χ1v) is 4.06. The molecule has 13 heavy (non-hydrogen) atoms. The van der Waals surface area contributed by atoms with Crippen molar-refractivity contribution in [1.82, 2.24) is 0 Å². The molecule has 0 unspecified atom stereocenters. The van der Waals surface area contributed by atoms with Crippen LogP contribution in [0.25, 0.3) is 10.8 Å². The highest BCUT2D eigenvalue weighted by molar-refractivity contribution is 5.93. The van der Waals surface area contributed by atoms with Crippen LogP contribution in [0.15, 0.2) is 42.5 Å². The topological polar surface area (TPSA) is 55.3 Å². The molecule has 0 heterocycles. The molecule has 2 rings (SSSR count). The van der Waals surface area contributed by atoms with Gasteiger partial charge in [0.25, 0.3) is 0 Å². The highest BCUT2D eigenvalue weighted by Gasteiger charge is 2.01. The van der Waals surface area contributed by atoms with E-state index < -0.39 is 0 Å². The Hall–Kier alpha value is -1.58. The van der Waals surface area contributed by atoms with E-state index in [0.29, 0.717) is 0 Å². The van der Waals surface area contributed by atoms with Gasteiger partial charge in [0, 0.05) is 5.39 Å². The van der Waals surface area contributed by atoms with E-state index in [1.807, 2.05) is 42.5 Å². The zero-order valence-electron chi connectivity index (χ0n) is 7.14. The number of hydrogen-bond donors (Lipinski definition) is 2. The van der Waals surface area contributed by atoms with E-state index in [1.165, 1.54) is 0 Å². The molecule has 0 atom stereocenters. The summed E-state index contributed by atoms with van der Waals surface area (Å²) < 4.78 is 0. The maximum Gasteiger partial charge on any atom is 0.0775 e. The molecule has 2 aromatic carbocycles. The fourth-order valence-corrected chi connectivity index (χ4v) is 1.43. The molecule has 0 aromatic heterocycles. The standard InChI is InChI=1S/C10H11N3/c11-13(12)10-7-3-5-8-4-1-2-6-9(8)10/h1-7H,11-12H2. The van der Waals surface area contributed by atoms with Gasteiger partial charge < -0.3 is 0 Å². The van der Waals surface area contributed by atoms with Gasteiger partial charge in [-0.15, -0.1) is 0 Å². The van der Waals surface area contributed by atoms with Crippen LogP contribution in [0.2, 0.25) is 0 Å². The van der Waals surface area contributed by atoms with Gasteiger partial charge in [-0.2, -0.15) is 0 Å². The van der Waals surface area contributed by atoms with Gasteiger partial charge in [0.2, 0.25) is 0 Å². The Bertz CT molecular complexity index is 418. The number of nitrogens with zero attached hydrogens (tertiary/aromatic N) is 1. The third-order valence-electron chi connectivity index (χ3n) is 2.04. The summed E-state index contributed by atoms with van der Waals surface area (Å²) >= 11 is 0. The average molecular weight is 173 g/mol. The zero-order valence-corrected chi connectivity index (χ0v) is 7.14.